The highest BCUT2D eigenvalue weighted by Gasteiger charge is 2.40. The normalized spacial score (nSPS) is 16.1. The van der Waals surface area contributed by atoms with Crippen LogP contribution in [0.5, 0.6) is 11.5 Å². The smallest absolute Gasteiger partial charge is 0.263 e. The zero-order valence-electron chi connectivity index (χ0n) is 20.0. The van der Waals surface area contributed by atoms with Crippen molar-refractivity contribution >= 4 is 21.6 Å². The van der Waals surface area contributed by atoms with E-state index in [4.69, 9.17) is 10.5 Å². The van der Waals surface area contributed by atoms with Gasteiger partial charge in [-0.2, -0.15) is 4.31 Å². The van der Waals surface area contributed by atoms with Gasteiger partial charge in [0.05, 0.1) is 0 Å². The van der Waals surface area contributed by atoms with Crippen molar-refractivity contribution in [2.75, 3.05) is 36.8 Å². The molecule has 0 aromatic heterocycles. The van der Waals surface area contributed by atoms with Crippen molar-refractivity contribution in [2.24, 2.45) is 5.73 Å². The molecule has 0 spiro atoms. The number of sulfonamides is 1. The first-order valence-corrected chi connectivity index (χ1v) is 13.4. The Morgan fingerprint density at radius 3 is 2.26 bits per heavy atom. The Morgan fingerprint density at radius 2 is 1.66 bits per heavy atom. The second kappa shape index (κ2) is 12.1. The average Bonchev–Trinajstić information content (AvgIpc) is 2.85. The lowest BCUT2D eigenvalue weighted by Crippen LogP contribution is -2.55. The van der Waals surface area contributed by atoms with Crippen molar-refractivity contribution in [1.82, 2.24) is 4.31 Å². The molecule has 1 aliphatic rings. The van der Waals surface area contributed by atoms with Crippen LogP contribution in [-0.4, -0.2) is 61.3 Å². The average molecular weight is 500 g/mol. The van der Waals surface area contributed by atoms with Crippen LogP contribution < -0.4 is 15.4 Å². The number of aliphatic hydroxyl groups is 1. The first-order chi connectivity index (χ1) is 16.7. The van der Waals surface area contributed by atoms with Gasteiger partial charge in [0, 0.05) is 38.3 Å². The van der Waals surface area contributed by atoms with Crippen molar-refractivity contribution in [1.29, 1.82) is 0 Å². The van der Waals surface area contributed by atoms with Crippen LogP contribution in [0.3, 0.4) is 0 Å². The summed E-state index contributed by atoms with van der Waals surface area (Å²) >= 11 is 0. The van der Waals surface area contributed by atoms with E-state index in [1.807, 2.05) is 54.6 Å². The Bertz CT molecular complexity index is 1140. The van der Waals surface area contributed by atoms with Crippen LogP contribution in [0, 0.1) is 11.8 Å². The third kappa shape index (κ3) is 7.46. The molecular weight excluding hydrogens is 466 g/mol. The molecule has 1 fully saturated rings. The van der Waals surface area contributed by atoms with E-state index in [0.29, 0.717) is 25.3 Å². The SMILES string of the molecule is CCCCCC#CC(O)(CS(=O)(=O)N1CCN(c2ccc(Oc3ccccc3)cc2)CC1)C(N)=O. The topological polar surface area (TPSA) is 113 Å². The largest absolute Gasteiger partial charge is 0.457 e. The Hall–Kier alpha value is -3.06. The highest BCUT2D eigenvalue weighted by Crippen LogP contribution is 2.25. The fraction of sp³-hybridized carbons (Fsp3) is 0.423. The van der Waals surface area contributed by atoms with Gasteiger partial charge in [-0.05, 0) is 42.8 Å². The standard InChI is InChI=1S/C26H33N3O5S/c1-2-3-4-5-9-16-26(31,25(27)30)21-35(32,33)29-19-17-28(18-20-29)22-12-14-24(15-13-22)34-23-10-7-6-8-11-23/h6-8,10-15,31H,2-5,17-21H2,1H3,(H2,27,30). The summed E-state index contributed by atoms with van der Waals surface area (Å²) in [7, 11) is -3.95. The minimum absolute atomic E-state index is 0.226. The highest BCUT2D eigenvalue weighted by molar-refractivity contribution is 7.89. The number of piperazine rings is 1. The van der Waals surface area contributed by atoms with E-state index in [1.54, 1.807) is 0 Å². The maximum atomic E-state index is 13.0. The second-order valence-corrected chi connectivity index (χ2v) is 10.5. The molecule has 2 aromatic rings. The number of carbonyl (C=O) groups is 1. The predicted molar refractivity (Wildman–Crippen MR) is 137 cm³/mol. The minimum atomic E-state index is -3.95. The third-order valence-electron chi connectivity index (χ3n) is 5.81. The van der Waals surface area contributed by atoms with Crippen LogP contribution in [0.4, 0.5) is 5.69 Å². The molecule has 0 aliphatic carbocycles. The number of nitrogens with zero attached hydrogens (tertiary/aromatic N) is 2. The van der Waals surface area contributed by atoms with Gasteiger partial charge in [0.2, 0.25) is 15.6 Å². The first-order valence-electron chi connectivity index (χ1n) is 11.8. The van der Waals surface area contributed by atoms with Gasteiger partial charge in [-0.1, -0.05) is 49.8 Å². The lowest BCUT2D eigenvalue weighted by atomic mass is 10.1. The van der Waals surface area contributed by atoms with E-state index in [0.717, 1.165) is 30.7 Å². The number of hydrogen-bond acceptors (Lipinski definition) is 6. The zero-order chi connectivity index (χ0) is 25.3. The molecular formula is C26H33N3O5S. The number of amides is 1. The second-order valence-electron chi connectivity index (χ2n) is 8.53. The van der Waals surface area contributed by atoms with Crippen LogP contribution in [0.1, 0.15) is 32.6 Å². The molecule has 1 aliphatic heterocycles. The number of carbonyl (C=O) groups excluding carboxylic acids is 1. The Balaban J connectivity index is 1.58. The molecule has 1 heterocycles. The van der Waals surface area contributed by atoms with Gasteiger partial charge < -0.3 is 20.5 Å². The van der Waals surface area contributed by atoms with Gasteiger partial charge >= 0.3 is 0 Å². The van der Waals surface area contributed by atoms with E-state index in [1.165, 1.54) is 4.31 Å². The van der Waals surface area contributed by atoms with E-state index in [9.17, 15) is 18.3 Å². The number of nitrogens with two attached hydrogens (primary N) is 1. The molecule has 2 aromatic carbocycles. The summed E-state index contributed by atoms with van der Waals surface area (Å²) in [5.74, 6) is 4.59. The predicted octanol–water partition coefficient (Wildman–Crippen LogP) is 2.73. The van der Waals surface area contributed by atoms with E-state index < -0.39 is 27.3 Å². The summed E-state index contributed by atoms with van der Waals surface area (Å²) in [6, 6.07) is 17.1. The van der Waals surface area contributed by atoms with Crippen molar-refractivity contribution in [2.45, 2.75) is 38.2 Å². The number of rotatable bonds is 10. The minimum Gasteiger partial charge on any atom is -0.457 e. The van der Waals surface area contributed by atoms with Crippen LogP contribution in [0.2, 0.25) is 0 Å². The van der Waals surface area contributed by atoms with Gasteiger partial charge in [0.15, 0.2) is 0 Å². The van der Waals surface area contributed by atoms with Crippen molar-refractivity contribution in [3.63, 3.8) is 0 Å². The molecule has 3 rings (SSSR count). The number of para-hydroxylation sites is 1. The van der Waals surface area contributed by atoms with Gasteiger partial charge in [0.1, 0.15) is 17.3 Å². The molecule has 1 unspecified atom stereocenters. The van der Waals surface area contributed by atoms with Gasteiger partial charge in [-0.25, -0.2) is 8.42 Å². The van der Waals surface area contributed by atoms with Crippen LogP contribution in [0.15, 0.2) is 54.6 Å². The fourth-order valence-corrected chi connectivity index (χ4v) is 5.41. The highest BCUT2D eigenvalue weighted by atomic mass is 32.2. The number of hydrogen-bond donors (Lipinski definition) is 2. The first kappa shape index (κ1) is 26.5. The van der Waals surface area contributed by atoms with Gasteiger partial charge in [0.25, 0.3) is 5.91 Å². The number of benzene rings is 2. The number of anilines is 1. The zero-order valence-corrected chi connectivity index (χ0v) is 20.8. The summed E-state index contributed by atoms with van der Waals surface area (Å²) in [6.07, 6.45) is 3.26. The van der Waals surface area contributed by atoms with Gasteiger partial charge in [-0.15, -0.1) is 0 Å². The van der Waals surface area contributed by atoms with Crippen molar-refractivity contribution in [3.8, 4) is 23.3 Å². The lowest BCUT2D eigenvalue weighted by molar-refractivity contribution is -0.129. The van der Waals surface area contributed by atoms with Crippen LogP contribution >= 0.6 is 0 Å². The maximum absolute atomic E-state index is 13.0. The quantitative estimate of drug-likeness (QED) is 0.384. The molecule has 1 amide bonds. The molecule has 188 valence electrons. The summed E-state index contributed by atoms with van der Waals surface area (Å²) in [5, 5.41) is 10.6. The van der Waals surface area contributed by atoms with Gasteiger partial charge in [-0.3, -0.25) is 4.79 Å². The summed E-state index contributed by atoms with van der Waals surface area (Å²) in [6.45, 7) is 3.44. The molecule has 8 nitrogen and oxygen atoms in total. The number of unbranched alkanes of at least 4 members (excludes halogenated alkanes) is 3. The molecule has 1 atom stereocenters. The molecule has 0 radical (unpaired) electrons. The van der Waals surface area contributed by atoms with Crippen LogP contribution in [0.25, 0.3) is 0 Å². The number of primary amides is 1. The maximum Gasteiger partial charge on any atom is 0.263 e. The monoisotopic (exact) mass is 499 g/mol. The van der Waals surface area contributed by atoms with E-state index >= 15 is 0 Å². The molecule has 35 heavy (non-hydrogen) atoms. The van der Waals surface area contributed by atoms with Crippen molar-refractivity contribution < 1.29 is 23.1 Å². The number of ether oxygens (including phenoxy) is 1. The fourth-order valence-electron chi connectivity index (χ4n) is 3.77. The van der Waals surface area contributed by atoms with Crippen molar-refractivity contribution in [3.05, 3.63) is 54.6 Å². The third-order valence-corrected chi connectivity index (χ3v) is 7.75. The molecule has 0 saturated carbocycles. The van der Waals surface area contributed by atoms with E-state index in [-0.39, 0.29) is 13.1 Å². The van der Waals surface area contributed by atoms with Crippen LogP contribution in [-0.2, 0) is 14.8 Å². The summed E-state index contributed by atoms with van der Waals surface area (Å²) < 4.78 is 33.0. The van der Waals surface area contributed by atoms with E-state index in [2.05, 4.69) is 23.7 Å². The molecule has 3 N–H and O–H groups in total. The summed E-state index contributed by atoms with van der Waals surface area (Å²) in [4.78, 5) is 13.9. The molecule has 1 saturated heterocycles. The Morgan fingerprint density at radius 1 is 1.03 bits per heavy atom. The Kier molecular flexibility index (Phi) is 9.15. The Labute approximate surface area is 207 Å². The lowest BCUT2D eigenvalue weighted by Gasteiger charge is -2.36. The molecule has 0 bridgehead atoms. The summed E-state index contributed by atoms with van der Waals surface area (Å²) in [5.41, 5.74) is 3.86. The molecule has 9 heteroatoms.